The van der Waals surface area contributed by atoms with Gasteiger partial charge < -0.3 is 9.47 Å². The van der Waals surface area contributed by atoms with Crippen molar-refractivity contribution in [2.45, 2.75) is 26.7 Å². The van der Waals surface area contributed by atoms with Crippen molar-refractivity contribution in [3.63, 3.8) is 0 Å². The van der Waals surface area contributed by atoms with Gasteiger partial charge in [-0.15, -0.1) is 0 Å². The molecule has 0 fully saturated rings. The van der Waals surface area contributed by atoms with Crippen molar-refractivity contribution in [2.75, 3.05) is 6.61 Å². The molecule has 1 heterocycles. The molecule has 4 heteroatoms. The maximum absolute atomic E-state index is 11.7. The Hall–Kier alpha value is -2.62. The molecule has 0 radical (unpaired) electrons. The first-order valence-corrected chi connectivity index (χ1v) is 7.78. The smallest absolute Gasteiger partial charge is 0.311 e. The Morgan fingerprint density at radius 3 is 2.48 bits per heavy atom. The minimum Gasteiger partial charge on any atom is -0.490 e. The average Bonchev–Trinajstić information content (AvgIpc) is 2.56. The van der Waals surface area contributed by atoms with Gasteiger partial charge in [-0.05, 0) is 48.7 Å². The third kappa shape index (κ3) is 5.25. The molecule has 0 unspecified atom stereocenters. The van der Waals surface area contributed by atoms with Crippen molar-refractivity contribution in [2.24, 2.45) is 0 Å². The van der Waals surface area contributed by atoms with E-state index in [1.54, 1.807) is 18.5 Å². The Morgan fingerprint density at radius 2 is 1.78 bits per heavy atom. The summed E-state index contributed by atoms with van der Waals surface area (Å²) in [6.07, 6.45) is 8.64. The largest absolute Gasteiger partial charge is 0.490 e. The fourth-order valence-corrected chi connectivity index (χ4v) is 2.03. The van der Waals surface area contributed by atoms with Gasteiger partial charge in [0.15, 0.2) is 11.5 Å². The minimum atomic E-state index is -0.242. The topological polar surface area (TPSA) is 48.4 Å². The second-order valence-electron chi connectivity index (χ2n) is 4.98. The molecule has 1 aromatic heterocycles. The van der Waals surface area contributed by atoms with Crippen LogP contribution in [0, 0.1) is 0 Å². The van der Waals surface area contributed by atoms with Crippen molar-refractivity contribution < 1.29 is 14.3 Å². The molecule has 120 valence electrons. The van der Waals surface area contributed by atoms with E-state index in [0.29, 0.717) is 24.5 Å². The molecular weight excluding hydrogens is 290 g/mol. The van der Waals surface area contributed by atoms with Crippen LogP contribution >= 0.6 is 0 Å². The summed E-state index contributed by atoms with van der Waals surface area (Å²) in [6, 6.07) is 9.40. The lowest BCUT2D eigenvalue weighted by Crippen LogP contribution is -2.08. The van der Waals surface area contributed by atoms with E-state index in [2.05, 4.69) is 4.98 Å². The van der Waals surface area contributed by atoms with E-state index in [-0.39, 0.29) is 5.97 Å². The van der Waals surface area contributed by atoms with Crippen LogP contribution < -0.4 is 9.47 Å². The number of carbonyl (C=O) groups is 1. The van der Waals surface area contributed by atoms with Crippen molar-refractivity contribution >= 4 is 18.1 Å². The van der Waals surface area contributed by atoms with Crippen LogP contribution in [0.4, 0.5) is 0 Å². The van der Waals surface area contributed by atoms with Crippen molar-refractivity contribution in [3.05, 3.63) is 53.9 Å². The zero-order valence-corrected chi connectivity index (χ0v) is 13.5. The zero-order valence-electron chi connectivity index (χ0n) is 13.5. The van der Waals surface area contributed by atoms with Crippen molar-refractivity contribution in [3.8, 4) is 11.5 Å². The third-order valence-electron chi connectivity index (χ3n) is 3.12. The van der Waals surface area contributed by atoms with E-state index < -0.39 is 0 Å². The highest BCUT2D eigenvalue weighted by Crippen LogP contribution is 2.29. The van der Waals surface area contributed by atoms with Crippen LogP contribution in [0.15, 0.2) is 42.7 Å². The maximum atomic E-state index is 11.7. The second-order valence-corrected chi connectivity index (χ2v) is 4.98. The van der Waals surface area contributed by atoms with Gasteiger partial charge in [-0.3, -0.25) is 9.78 Å². The Bertz CT molecular complexity index is 666. The van der Waals surface area contributed by atoms with Crippen molar-refractivity contribution in [1.29, 1.82) is 0 Å². The highest BCUT2D eigenvalue weighted by atomic mass is 16.6. The molecule has 23 heavy (non-hydrogen) atoms. The summed E-state index contributed by atoms with van der Waals surface area (Å²) >= 11 is 0. The number of hydrogen-bond donors (Lipinski definition) is 0. The van der Waals surface area contributed by atoms with Gasteiger partial charge >= 0.3 is 5.97 Å². The number of rotatable bonds is 7. The van der Waals surface area contributed by atoms with Gasteiger partial charge in [0, 0.05) is 18.8 Å². The third-order valence-corrected chi connectivity index (χ3v) is 3.12. The summed E-state index contributed by atoms with van der Waals surface area (Å²) in [5.74, 6) is 0.800. The van der Waals surface area contributed by atoms with E-state index >= 15 is 0 Å². The molecule has 0 aliphatic carbocycles. The normalized spacial score (nSPS) is 10.7. The van der Waals surface area contributed by atoms with Crippen LogP contribution in [0.2, 0.25) is 0 Å². The molecule has 0 aliphatic heterocycles. The summed E-state index contributed by atoms with van der Waals surface area (Å²) in [6.45, 7) is 4.35. The second kappa shape index (κ2) is 8.73. The molecule has 0 spiro atoms. The van der Waals surface area contributed by atoms with Gasteiger partial charge in [-0.25, -0.2) is 0 Å². The Labute approximate surface area is 136 Å². The first-order chi connectivity index (χ1) is 11.2. The SMILES string of the molecule is CCCC(=O)Oc1ccc(/C=C/c2ccncc2)cc1OCC. The Balaban J connectivity index is 2.18. The van der Waals surface area contributed by atoms with Crippen LogP contribution in [0.1, 0.15) is 37.8 Å². The molecule has 2 rings (SSSR count). The van der Waals surface area contributed by atoms with Gasteiger partial charge in [-0.1, -0.05) is 25.1 Å². The number of aromatic nitrogens is 1. The monoisotopic (exact) mass is 311 g/mol. The van der Waals surface area contributed by atoms with Gasteiger partial charge in [-0.2, -0.15) is 0 Å². The maximum Gasteiger partial charge on any atom is 0.311 e. The first kappa shape index (κ1) is 16.7. The van der Waals surface area contributed by atoms with E-state index in [4.69, 9.17) is 9.47 Å². The fourth-order valence-electron chi connectivity index (χ4n) is 2.03. The first-order valence-electron chi connectivity index (χ1n) is 7.78. The standard InChI is InChI=1S/C19H21NO3/c1-3-5-19(21)23-17-9-8-16(14-18(17)22-4-2)7-6-15-10-12-20-13-11-15/h6-14H,3-5H2,1-2H3/b7-6+. The van der Waals surface area contributed by atoms with Gasteiger partial charge in [0.1, 0.15) is 0 Å². The zero-order chi connectivity index (χ0) is 16.5. The van der Waals surface area contributed by atoms with Gasteiger partial charge in [0.05, 0.1) is 6.61 Å². The summed E-state index contributed by atoms with van der Waals surface area (Å²) in [7, 11) is 0. The van der Waals surface area contributed by atoms with E-state index in [0.717, 1.165) is 17.5 Å². The number of nitrogens with zero attached hydrogens (tertiary/aromatic N) is 1. The van der Waals surface area contributed by atoms with Crippen LogP contribution in [-0.2, 0) is 4.79 Å². The summed E-state index contributed by atoms with van der Waals surface area (Å²) < 4.78 is 10.9. The summed E-state index contributed by atoms with van der Waals surface area (Å²) in [5.41, 5.74) is 2.04. The number of benzene rings is 1. The van der Waals surface area contributed by atoms with Crippen LogP contribution in [0.3, 0.4) is 0 Å². The summed E-state index contributed by atoms with van der Waals surface area (Å²) in [5, 5.41) is 0. The highest BCUT2D eigenvalue weighted by molar-refractivity contribution is 5.74. The molecular formula is C19H21NO3. The lowest BCUT2D eigenvalue weighted by Gasteiger charge is -2.11. The quantitative estimate of drug-likeness (QED) is 0.563. The Kier molecular flexibility index (Phi) is 6.36. The molecule has 0 saturated carbocycles. The lowest BCUT2D eigenvalue weighted by atomic mass is 10.1. The van der Waals surface area contributed by atoms with Gasteiger partial charge in [0.25, 0.3) is 0 Å². The predicted octanol–water partition coefficient (Wildman–Crippen LogP) is 4.36. The number of hydrogen-bond acceptors (Lipinski definition) is 4. The molecule has 0 aliphatic rings. The van der Waals surface area contributed by atoms with Crippen LogP contribution in [0.5, 0.6) is 11.5 Å². The average molecular weight is 311 g/mol. The molecule has 2 aromatic rings. The van der Waals surface area contributed by atoms with E-state index in [1.807, 2.05) is 50.3 Å². The molecule has 0 bridgehead atoms. The van der Waals surface area contributed by atoms with Crippen molar-refractivity contribution in [1.82, 2.24) is 4.98 Å². The van der Waals surface area contributed by atoms with E-state index in [9.17, 15) is 4.79 Å². The molecule has 4 nitrogen and oxygen atoms in total. The predicted molar refractivity (Wildman–Crippen MR) is 91.3 cm³/mol. The molecule has 0 N–H and O–H groups in total. The summed E-state index contributed by atoms with van der Waals surface area (Å²) in [4.78, 5) is 15.7. The molecule has 1 aromatic carbocycles. The number of ether oxygens (including phenoxy) is 2. The number of pyridine rings is 1. The lowest BCUT2D eigenvalue weighted by molar-refractivity contribution is -0.134. The number of carbonyl (C=O) groups excluding carboxylic acids is 1. The highest BCUT2D eigenvalue weighted by Gasteiger charge is 2.10. The van der Waals surface area contributed by atoms with E-state index in [1.165, 1.54) is 0 Å². The molecule has 0 atom stereocenters. The fraction of sp³-hybridized carbons (Fsp3) is 0.263. The Morgan fingerprint density at radius 1 is 1.04 bits per heavy atom. The molecule has 0 saturated heterocycles. The van der Waals surface area contributed by atoms with Crippen LogP contribution in [0.25, 0.3) is 12.2 Å². The van der Waals surface area contributed by atoms with Gasteiger partial charge in [0.2, 0.25) is 0 Å². The minimum absolute atomic E-state index is 0.242. The van der Waals surface area contributed by atoms with Crippen LogP contribution in [-0.4, -0.2) is 17.6 Å². The molecule has 0 amide bonds. The number of esters is 1.